The van der Waals surface area contributed by atoms with Gasteiger partial charge >= 0.3 is 17.9 Å². The molecule has 0 N–H and O–H groups in total. The largest absolute Gasteiger partial charge is 0.455 e. The molecule has 0 aromatic rings. The van der Waals surface area contributed by atoms with E-state index in [1.54, 1.807) is 62.3 Å². The number of rotatable bonds is 10. The Balaban J connectivity index is 3.73. The fraction of sp³-hybridized carbons (Fsp3) is 0.903. The SMILES string of the molecule is CO[C@H]1OC(CO[Si](C(C)C)(C(C)C)C(C)C)[C@H](OC(=O)C(C)(C)C)[C@@H](OC(=O)C(C)(C)C)C1OC(=O)C(C)(C)C. The van der Waals surface area contributed by atoms with Gasteiger partial charge in [-0.3, -0.25) is 14.4 Å². The lowest BCUT2D eigenvalue weighted by atomic mass is 9.93. The van der Waals surface area contributed by atoms with E-state index in [-0.39, 0.29) is 6.61 Å². The van der Waals surface area contributed by atoms with Crippen LogP contribution in [-0.4, -0.2) is 70.6 Å². The van der Waals surface area contributed by atoms with Crippen LogP contribution in [0.2, 0.25) is 16.6 Å². The molecule has 1 aliphatic rings. The van der Waals surface area contributed by atoms with E-state index in [1.165, 1.54) is 7.11 Å². The average Bonchev–Trinajstić information content (AvgIpc) is 2.79. The van der Waals surface area contributed by atoms with Crippen molar-refractivity contribution < 1.29 is 42.5 Å². The maximum Gasteiger partial charge on any atom is 0.311 e. The standard InChI is InChI=1S/C31H58O9Si/c1-18(2)41(19(3)4,20(5)6)36-17-21-22(38-26(32)29(7,8)9)23(39-27(33)30(10,11)12)24(25(35-16)37-21)40-28(34)31(13,14)15/h18-25H,17H2,1-16H3/t21?,22-,23+,24?,25-/m0/s1. The van der Waals surface area contributed by atoms with Gasteiger partial charge < -0.3 is 28.1 Å². The first-order valence-electron chi connectivity index (χ1n) is 14.9. The molecule has 41 heavy (non-hydrogen) atoms. The molecule has 0 radical (unpaired) electrons. The zero-order valence-electron chi connectivity index (χ0n) is 28.5. The Hall–Kier alpha value is -1.49. The zero-order chi connectivity index (χ0) is 32.3. The van der Waals surface area contributed by atoms with Crippen molar-refractivity contribution in [3.05, 3.63) is 0 Å². The molecule has 9 nitrogen and oxygen atoms in total. The minimum Gasteiger partial charge on any atom is -0.455 e. The Kier molecular flexibility index (Phi) is 12.7. The van der Waals surface area contributed by atoms with Crippen LogP contribution in [0.15, 0.2) is 0 Å². The van der Waals surface area contributed by atoms with E-state index in [0.717, 1.165) is 0 Å². The van der Waals surface area contributed by atoms with Crippen LogP contribution in [-0.2, 0) is 42.5 Å². The fourth-order valence-corrected chi connectivity index (χ4v) is 10.7. The number of methoxy groups -OCH3 is 1. The van der Waals surface area contributed by atoms with E-state index >= 15 is 0 Å². The summed E-state index contributed by atoms with van der Waals surface area (Å²) in [6.45, 7) is 28.7. The molecule has 0 aliphatic carbocycles. The van der Waals surface area contributed by atoms with E-state index in [1.807, 2.05) is 0 Å². The summed E-state index contributed by atoms with van der Waals surface area (Å²) in [5.41, 5.74) is -1.68. The molecule has 0 amide bonds. The maximum atomic E-state index is 13.3. The molecule has 0 spiro atoms. The van der Waals surface area contributed by atoms with Crippen molar-refractivity contribution >= 4 is 26.2 Å². The molecule has 5 atom stereocenters. The third-order valence-electron chi connectivity index (χ3n) is 7.59. The van der Waals surface area contributed by atoms with Crippen molar-refractivity contribution in [1.82, 2.24) is 0 Å². The Labute approximate surface area is 249 Å². The second kappa shape index (κ2) is 13.9. The molecule has 1 fully saturated rings. The molecule has 0 saturated carbocycles. The maximum absolute atomic E-state index is 13.3. The van der Waals surface area contributed by atoms with Crippen LogP contribution in [0.4, 0.5) is 0 Å². The van der Waals surface area contributed by atoms with Gasteiger partial charge in [-0.25, -0.2) is 0 Å². The quantitative estimate of drug-likeness (QED) is 0.159. The van der Waals surface area contributed by atoms with Gasteiger partial charge in [0.1, 0.15) is 6.10 Å². The van der Waals surface area contributed by atoms with Gasteiger partial charge in [0.25, 0.3) is 0 Å². The first-order valence-corrected chi connectivity index (χ1v) is 17.0. The van der Waals surface area contributed by atoms with Gasteiger partial charge in [-0.2, -0.15) is 0 Å². The zero-order valence-corrected chi connectivity index (χ0v) is 29.5. The van der Waals surface area contributed by atoms with Gasteiger partial charge in [0, 0.05) is 7.11 Å². The smallest absolute Gasteiger partial charge is 0.311 e. The number of hydrogen-bond acceptors (Lipinski definition) is 9. The molecule has 240 valence electrons. The van der Waals surface area contributed by atoms with Gasteiger partial charge in [0.15, 0.2) is 32.9 Å². The van der Waals surface area contributed by atoms with E-state index in [9.17, 15) is 14.4 Å². The van der Waals surface area contributed by atoms with Gasteiger partial charge in [0.05, 0.1) is 22.9 Å². The summed E-state index contributed by atoms with van der Waals surface area (Å²) in [6, 6.07) is 0. The molecule has 1 saturated heterocycles. The predicted molar refractivity (Wildman–Crippen MR) is 161 cm³/mol. The highest BCUT2D eigenvalue weighted by Gasteiger charge is 2.55. The minimum absolute atomic E-state index is 0.0895. The average molecular weight is 603 g/mol. The summed E-state index contributed by atoms with van der Waals surface area (Å²) in [4.78, 5) is 39.6. The van der Waals surface area contributed by atoms with Crippen LogP contribution in [0, 0.1) is 16.2 Å². The molecule has 10 heteroatoms. The van der Waals surface area contributed by atoms with Crippen LogP contribution in [0.25, 0.3) is 0 Å². The van der Waals surface area contributed by atoms with Crippen LogP contribution in [0.1, 0.15) is 104 Å². The lowest BCUT2D eigenvalue weighted by molar-refractivity contribution is -0.305. The van der Waals surface area contributed by atoms with E-state index in [0.29, 0.717) is 16.6 Å². The molecule has 1 heterocycles. The van der Waals surface area contributed by atoms with Gasteiger partial charge in [0.2, 0.25) is 0 Å². The Morgan fingerprint density at radius 1 is 0.634 bits per heavy atom. The molecule has 0 aromatic carbocycles. The van der Waals surface area contributed by atoms with Crippen LogP contribution >= 0.6 is 0 Å². The highest BCUT2D eigenvalue weighted by atomic mass is 28.4. The first-order chi connectivity index (χ1) is 18.4. The summed E-state index contributed by atoms with van der Waals surface area (Å²) in [5, 5.41) is 0. The van der Waals surface area contributed by atoms with Crippen molar-refractivity contribution in [3.63, 3.8) is 0 Å². The summed E-state index contributed by atoms with van der Waals surface area (Å²) in [5.74, 6) is -1.58. The van der Waals surface area contributed by atoms with E-state index < -0.39 is 73.2 Å². The number of carbonyl (C=O) groups excluding carboxylic acids is 3. The topological polar surface area (TPSA) is 107 Å². The van der Waals surface area contributed by atoms with E-state index in [4.69, 9.17) is 28.1 Å². The summed E-state index contributed by atoms with van der Waals surface area (Å²) in [7, 11) is -0.926. The normalized spacial score (nSPS) is 24.5. The van der Waals surface area contributed by atoms with Crippen LogP contribution in [0.3, 0.4) is 0 Å². The lowest BCUT2D eigenvalue weighted by Gasteiger charge is -2.48. The number of ether oxygens (including phenoxy) is 5. The highest BCUT2D eigenvalue weighted by Crippen LogP contribution is 2.43. The summed E-state index contributed by atoms with van der Waals surface area (Å²) < 4.78 is 36.9. The molecule has 1 aliphatic heterocycles. The van der Waals surface area contributed by atoms with Crippen molar-refractivity contribution in [2.45, 2.75) is 151 Å². The third kappa shape index (κ3) is 9.24. The van der Waals surface area contributed by atoms with Crippen molar-refractivity contribution in [3.8, 4) is 0 Å². The molecular weight excluding hydrogens is 544 g/mol. The number of esters is 3. The second-order valence-electron chi connectivity index (χ2n) is 15.3. The van der Waals surface area contributed by atoms with Crippen LogP contribution < -0.4 is 0 Å². The summed E-state index contributed by atoms with van der Waals surface area (Å²) in [6.07, 6.45) is -5.44. The van der Waals surface area contributed by atoms with Crippen molar-refractivity contribution in [2.75, 3.05) is 13.7 Å². The third-order valence-corrected chi connectivity index (χ3v) is 13.7. The number of hydrogen-bond donors (Lipinski definition) is 0. The molecule has 0 bridgehead atoms. The highest BCUT2D eigenvalue weighted by molar-refractivity contribution is 6.77. The fourth-order valence-electron chi connectivity index (χ4n) is 5.23. The summed E-state index contributed by atoms with van der Waals surface area (Å²) >= 11 is 0. The minimum atomic E-state index is -2.36. The van der Waals surface area contributed by atoms with Gasteiger partial charge in [-0.05, 0) is 78.9 Å². The van der Waals surface area contributed by atoms with Crippen LogP contribution in [0.5, 0.6) is 0 Å². The molecule has 1 rings (SSSR count). The van der Waals surface area contributed by atoms with Gasteiger partial charge in [-0.15, -0.1) is 0 Å². The lowest BCUT2D eigenvalue weighted by Crippen LogP contribution is -2.64. The van der Waals surface area contributed by atoms with Crippen molar-refractivity contribution in [1.29, 1.82) is 0 Å². The Morgan fingerprint density at radius 2 is 0.976 bits per heavy atom. The monoisotopic (exact) mass is 602 g/mol. The Morgan fingerprint density at radius 3 is 1.29 bits per heavy atom. The predicted octanol–water partition coefficient (Wildman–Crippen LogP) is 6.42. The number of carbonyl (C=O) groups is 3. The molecular formula is C31H58O9Si. The first kappa shape index (κ1) is 37.5. The van der Waals surface area contributed by atoms with E-state index in [2.05, 4.69) is 41.5 Å². The molecule has 0 aromatic heterocycles. The van der Waals surface area contributed by atoms with Gasteiger partial charge in [-0.1, -0.05) is 41.5 Å². The second-order valence-corrected chi connectivity index (χ2v) is 20.7. The van der Waals surface area contributed by atoms with Crippen molar-refractivity contribution in [2.24, 2.45) is 16.2 Å². The Bertz CT molecular complexity index is 871. The molecule has 2 unspecified atom stereocenters.